The summed E-state index contributed by atoms with van der Waals surface area (Å²) in [6, 6.07) is 0. The zero-order valence-corrected chi connectivity index (χ0v) is 38.5. The molecule has 0 N–H and O–H groups in total. The van der Waals surface area contributed by atoms with Crippen LogP contribution in [-0.4, -0.2) is 82.2 Å². The van der Waals surface area contributed by atoms with E-state index in [1.165, 1.54) is 57.8 Å². The molecule has 0 spiro atoms. The number of ether oxygens (including phenoxy) is 3. The lowest BCUT2D eigenvalue weighted by molar-refractivity contribution is -0.870. The van der Waals surface area contributed by atoms with Gasteiger partial charge in [0.15, 0.2) is 6.10 Å². The number of nitrogens with zero attached hydrogens (tertiary/aromatic N) is 1. The fourth-order valence-corrected chi connectivity index (χ4v) is 6.61. The number of carbonyl (C=O) groups is 2. The molecule has 3 unspecified atom stereocenters. The van der Waals surface area contributed by atoms with Crippen molar-refractivity contribution in [3.63, 3.8) is 0 Å². The van der Waals surface area contributed by atoms with E-state index in [9.17, 15) is 19.0 Å². The number of esters is 2. The van der Waals surface area contributed by atoms with Crippen LogP contribution >= 0.6 is 7.82 Å². The summed E-state index contributed by atoms with van der Waals surface area (Å²) in [4.78, 5) is 37.6. The molecular formula is C48H82NO9P. The first kappa shape index (κ1) is 54.4. The number of epoxide rings is 1. The second-order valence-electron chi connectivity index (χ2n) is 16.4. The van der Waals surface area contributed by atoms with Crippen molar-refractivity contribution in [1.82, 2.24) is 0 Å². The SMILES string of the molecule is CCCCC/C=C\C/C=C\CC1OC1C/C=C\CCCC(=O)OC[C@H](COP(=O)([O-])OCC[N+](C)(C)C)OC(=O)CCC/C=C\C/C=C\C/C=C\CCCCCCCC. The fraction of sp³-hybridized carbons (Fsp3) is 0.708. The van der Waals surface area contributed by atoms with Crippen molar-refractivity contribution in [1.29, 1.82) is 0 Å². The van der Waals surface area contributed by atoms with E-state index in [0.29, 0.717) is 36.7 Å². The van der Waals surface area contributed by atoms with Gasteiger partial charge in [-0.2, -0.15) is 0 Å². The lowest BCUT2D eigenvalue weighted by Gasteiger charge is -2.28. The predicted octanol–water partition coefficient (Wildman–Crippen LogP) is 11.4. The minimum atomic E-state index is -4.66. The predicted molar refractivity (Wildman–Crippen MR) is 240 cm³/mol. The normalized spacial score (nSPS) is 17.7. The summed E-state index contributed by atoms with van der Waals surface area (Å²) in [5, 5.41) is 0. The Morgan fingerprint density at radius 1 is 0.610 bits per heavy atom. The zero-order chi connectivity index (χ0) is 43.3. The molecular weight excluding hydrogens is 765 g/mol. The van der Waals surface area contributed by atoms with Gasteiger partial charge in [-0.1, -0.05) is 132 Å². The van der Waals surface area contributed by atoms with Gasteiger partial charge in [-0.05, 0) is 83.5 Å². The van der Waals surface area contributed by atoms with Crippen molar-refractivity contribution in [2.24, 2.45) is 0 Å². The van der Waals surface area contributed by atoms with Gasteiger partial charge in [0.05, 0.1) is 40.0 Å². The molecule has 59 heavy (non-hydrogen) atoms. The molecule has 0 aromatic heterocycles. The zero-order valence-electron chi connectivity index (χ0n) is 37.6. The maximum absolute atomic E-state index is 12.7. The molecule has 0 radical (unpaired) electrons. The molecule has 1 rings (SSSR count). The molecule has 1 heterocycles. The molecule has 0 amide bonds. The molecule has 1 fully saturated rings. The third-order valence-corrected chi connectivity index (χ3v) is 10.6. The molecule has 10 nitrogen and oxygen atoms in total. The van der Waals surface area contributed by atoms with Crippen LogP contribution in [0.5, 0.6) is 0 Å². The van der Waals surface area contributed by atoms with Gasteiger partial charge in [-0.25, -0.2) is 0 Å². The Hall–Kier alpha value is -2.59. The summed E-state index contributed by atoms with van der Waals surface area (Å²) in [5.74, 6) is -0.976. The van der Waals surface area contributed by atoms with Crippen LogP contribution < -0.4 is 4.89 Å². The highest BCUT2D eigenvalue weighted by atomic mass is 31.2. The van der Waals surface area contributed by atoms with Gasteiger partial charge in [0, 0.05) is 12.8 Å². The number of hydrogen-bond acceptors (Lipinski definition) is 9. The van der Waals surface area contributed by atoms with Gasteiger partial charge < -0.3 is 32.6 Å². The van der Waals surface area contributed by atoms with Gasteiger partial charge in [0.1, 0.15) is 19.8 Å². The summed E-state index contributed by atoms with van der Waals surface area (Å²) in [5.41, 5.74) is 0. The van der Waals surface area contributed by atoms with Crippen LogP contribution in [0.1, 0.15) is 155 Å². The lowest BCUT2D eigenvalue weighted by atomic mass is 10.1. The van der Waals surface area contributed by atoms with E-state index in [1.807, 2.05) is 27.2 Å². The van der Waals surface area contributed by atoms with Gasteiger partial charge in [0.25, 0.3) is 7.82 Å². The van der Waals surface area contributed by atoms with Crippen LogP contribution in [0.3, 0.4) is 0 Å². The van der Waals surface area contributed by atoms with E-state index in [2.05, 4.69) is 80.7 Å². The average Bonchev–Trinajstić information content (AvgIpc) is 3.94. The Balaban J connectivity index is 2.37. The standard InChI is InChI=1S/C48H82NO9P/c1-6-8-10-12-14-16-17-18-19-20-21-22-23-25-27-29-35-39-48(51)57-44(43-56-59(52,53)55-41-40-49(3,4)5)42-54-47(50)38-34-31-30-33-37-46-45(58-46)36-32-28-26-24-15-13-11-9-7-2/h15,18-19,21-22,24-25,27-28,30,32-33,44-46H,6-14,16-17,20,23,26,29,31,34-43H2,1-5H3/b19-18-,22-21-,24-15-,27-25-,32-28-,33-30-/t44-,45?,46?/m1/s1. The monoisotopic (exact) mass is 848 g/mol. The third-order valence-electron chi connectivity index (χ3n) is 9.60. The summed E-state index contributed by atoms with van der Waals surface area (Å²) in [7, 11) is 1.09. The maximum atomic E-state index is 12.7. The van der Waals surface area contributed by atoms with Crippen molar-refractivity contribution in [3.05, 3.63) is 72.9 Å². The molecule has 4 atom stereocenters. The van der Waals surface area contributed by atoms with Crippen LogP contribution in [0.2, 0.25) is 0 Å². The smallest absolute Gasteiger partial charge is 0.306 e. The first-order valence-corrected chi connectivity index (χ1v) is 24.2. The number of carbonyl (C=O) groups excluding carboxylic acids is 2. The molecule has 1 aliphatic rings. The van der Waals surface area contributed by atoms with Crippen LogP contribution in [0, 0.1) is 0 Å². The Kier molecular flexibility index (Phi) is 33.3. The average molecular weight is 848 g/mol. The highest BCUT2D eigenvalue weighted by molar-refractivity contribution is 7.45. The number of likely N-dealkylation sites (N-methyl/N-ethyl adjacent to an activating group) is 1. The Morgan fingerprint density at radius 2 is 1.07 bits per heavy atom. The minimum absolute atomic E-state index is 0.0548. The number of unbranched alkanes of at least 4 members (excludes halogenated alkanes) is 11. The topological polar surface area (TPSA) is 124 Å². The van der Waals surface area contributed by atoms with E-state index < -0.39 is 32.5 Å². The second-order valence-corrected chi connectivity index (χ2v) is 17.9. The number of allylic oxidation sites excluding steroid dienone is 10. The number of quaternary nitrogens is 1. The molecule has 1 aliphatic heterocycles. The fourth-order valence-electron chi connectivity index (χ4n) is 5.88. The first-order valence-electron chi connectivity index (χ1n) is 22.8. The highest BCUT2D eigenvalue weighted by Crippen LogP contribution is 2.38. The first-order chi connectivity index (χ1) is 28.5. The van der Waals surface area contributed by atoms with Crippen molar-refractivity contribution < 1.29 is 46.8 Å². The number of phosphoric ester groups is 1. The van der Waals surface area contributed by atoms with E-state index in [0.717, 1.165) is 44.9 Å². The molecule has 0 aromatic rings. The summed E-state index contributed by atoms with van der Waals surface area (Å²) in [6.07, 6.45) is 46.8. The molecule has 0 aliphatic carbocycles. The Labute approximate surface area is 359 Å². The van der Waals surface area contributed by atoms with Crippen LogP contribution in [-0.2, 0) is 37.4 Å². The van der Waals surface area contributed by atoms with E-state index in [-0.39, 0.29) is 38.3 Å². The molecule has 1 saturated heterocycles. The molecule has 11 heteroatoms. The minimum Gasteiger partial charge on any atom is -0.756 e. The quantitative estimate of drug-likeness (QED) is 0.0148. The van der Waals surface area contributed by atoms with Gasteiger partial charge in [-0.3, -0.25) is 14.2 Å². The van der Waals surface area contributed by atoms with Crippen LogP contribution in [0.4, 0.5) is 0 Å². The van der Waals surface area contributed by atoms with Crippen LogP contribution in [0.25, 0.3) is 0 Å². The highest BCUT2D eigenvalue weighted by Gasteiger charge is 2.36. The van der Waals surface area contributed by atoms with Gasteiger partial charge in [0.2, 0.25) is 0 Å². The van der Waals surface area contributed by atoms with Crippen molar-refractivity contribution in [3.8, 4) is 0 Å². The van der Waals surface area contributed by atoms with Crippen molar-refractivity contribution in [2.75, 3.05) is 47.5 Å². The number of hydrogen-bond donors (Lipinski definition) is 0. The Morgan fingerprint density at radius 3 is 1.66 bits per heavy atom. The Bertz CT molecular complexity index is 1300. The van der Waals surface area contributed by atoms with E-state index in [4.69, 9.17) is 23.3 Å². The van der Waals surface area contributed by atoms with Gasteiger partial charge in [-0.15, -0.1) is 0 Å². The summed E-state index contributed by atoms with van der Waals surface area (Å²) >= 11 is 0. The molecule has 0 saturated carbocycles. The second kappa shape index (κ2) is 36.1. The van der Waals surface area contributed by atoms with Crippen LogP contribution in [0.15, 0.2) is 72.9 Å². The summed E-state index contributed by atoms with van der Waals surface area (Å²) < 4.78 is 39.6. The largest absolute Gasteiger partial charge is 0.756 e. The molecule has 0 aromatic carbocycles. The van der Waals surface area contributed by atoms with Gasteiger partial charge >= 0.3 is 11.9 Å². The third kappa shape index (κ3) is 36.9. The molecule has 0 bridgehead atoms. The van der Waals surface area contributed by atoms with E-state index >= 15 is 0 Å². The number of rotatable bonds is 39. The van der Waals surface area contributed by atoms with Crippen molar-refractivity contribution >= 4 is 19.8 Å². The lowest BCUT2D eigenvalue weighted by Crippen LogP contribution is -2.37. The summed E-state index contributed by atoms with van der Waals surface area (Å²) in [6.45, 7) is 4.03. The molecule has 338 valence electrons. The van der Waals surface area contributed by atoms with Crippen molar-refractivity contribution in [2.45, 2.75) is 173 Å². The maximum Gasteiger partial charge on any atom is 0.306 e. The number of phosphoric acid groups is 1. The van der Waals surface area contributed by atoms with E-state index in [1.54, 1.807) is 0 Å².